The predicted octanol–water partition coefficient (Wildman–Crippen LogP) is 1.55. The summed E-state index contributed by atoms with van der Waals surface area (Å²) in [6.07, 6.45) is 5.55. The Morgan fingerprint density at radius 3 is 2.52 bits per heavy atom. The molecule has 2 aromatic heterocycles. The van der Waals surface area contributed by atoms with Gasteiger partial charge in [0.2, 0.25) is 5.91 Å². The van der Waals surface area contributed by atoms with Gasteiger partial charge in [0.05, 0.1) is 5.52 Å². The number of imidazole rings is 1. The first-order chi connectivity index (χ1) is 11.1. The van der Waals surface area contributed by atoms with Gasteiger partial charge in [-0.2, -0.15) is 0 Å². The van der Waals surface area contributed by atoms with Crippen molar-refractivity contribution in [3.8, 4) is 0 Å². The Kier molecular flexibility index (Phi) is 3.32. The van der Waals surface area contributed by atoms with E-state index in [1.165, 1.54) is 0 Å². The van der Waals surface area contributed by atoms with Crippen LogP contribution in [0.5, 0.6) is 0 Å². The average Bonchev–Trinajstić information content (AvgIpc) is 3.35. The number of rotatable bonds is 3. The minimum Gasteiger partial charge on any atom is -0.369 e. The Hall–Kier alpha value is -2.37. The van der Waals surface area contributed by atoms with E-state index in [9.17, 15) is 9.59 Å². The second kappa shape index (κ2) is 5.37. The van der Waals surface area contributed by atoms with Crippen LogP contribution >= 0.6 is 0 Å². The zero-order chi connectivity index (χ0) is 16.0. The summed E-state index contributed by atoms with van der Waals surface area (Å²) in [5, 5.41) is 0. The zero-order valence-corrected chi connectivity index (χ0v) is 12.9. The molecule has 2 N–H and O–H groups in total. The molecule has 2 aromatic rings. The number of hydrogen-bond acceptors (Lipinski definition) is 3. The van der Waals surface area contributed by atoms with Crippen LogP contribution in [0.2, 0.25) is 0 Å². The number of hydrogen-bond donors (Lipinski definition) is 1. The van der Waals surface area contributed by atoms with Gasteiger partial charge < -0.3 is 15.0 Å². The lowest BCUT2D eigenvalue weighted by Crippen LogP contribution is -2.41. The summed E-state index contributed by atoms with van der Waals surface area (Å²) in [7, 11) is 0. The van der Waals surface area contributed by atoms with Crippen LogP contribution in [0, 0.1) is 5.92 Å². The van der Waals surface area contributed by atoms with Gasteiger partial charge in [-0.1, -0.05) is 6.07 Å². The number of fused-ring (bicyclic) bond motifs is 1. The first kappa shape index (κ1) is 14.2. The van der Waals surface area contributed by atoms with E-state index in [0.717, 1.165) is 24.2 Å². The summed E-state index contributed by atoms with van der Waals surface area (Å²) in [6.45, 7) is 1.13. The van der Waals surface area contributed by atoms with Crippen LogP contribution in [-0.2, 0) is 4.79 Å². The maximum absolute atomic E-state index is 12.9. The van der Waals surface area contributed by atoms with E-state index in [2.05, 4.69) is 4.98 Å². The van der Waals surface area contributed by atoms with Gasteiger partial charge in [0.15, 0.2) is 5.69 Å². The molecule has 2 amide bonds. The van der Waals surface area contributed by atoms with Gasteiger partial charge in [0.1, 0.15) is 5.82 Å². The minimum absolute atomic E-state index is 0.0384. The molecule has 1 aliphatic carbocycles. The number of primary amides is 1. The van der Waals surface area contributed by atoms with Crippen LogP contribution < -0.4 is 5.73 Å². The highest BCUT2D eigenvalue weighted by Crippen LogP contribution is 2.40. The Morgan fingerprint density at radius 1 is 1.13 bits per heavy atom. The van der Waals surface area contributed by atoms with E-state index in [0.29, 0.717) is 37.5 Å². The average molecular weight is 312 g/mol. The molecule has 0 atom stereocenters. The molecule has 2 fully saturated rings. The van der Waals surface area contributed by atoms with Crippen molar-refractivity contribution in [3.63, 3.8) is 0 Å². The molecule has 4 rings (SSSR count). The molecule has 1 aliphatic heterocycles. The fourth-order valence-electron chi connectivity index (χ4n) is 3.37. The van der Waals surface area contributed by atoms with E-state index in [1.54, 1.807) is 4.90 Å². The van der Waals surface area contributed by atoms with E-state index in [-0.39, 0.29) is 17.7 Å². The number of pyridine rings is 1. The van der Waals surface area contributed by atoms with Crippen LogP contribution in [0.25, 0.3) is 5.52 Å². The van der Waals surface area contributed by atoms with Crippen molar-refractivity contribution in [2.24, 2.45) is 11.7 Å². The lowest BCUT2D eigenvalue weighted by Gasteiger charge is -2.30. The Labute approximate surface area is 134 Å². The lowest BCUT2D eigenvalue weighted by atomic mass is 9.96. The number of carbonyl (C=O) groups excluding carboxylic acids is 2. The largest absolute Gasteiger partial charge is 0.369 e. The zero-order valence-electron chi connectivity index (χ0n) is 12.9. The number of amides is 2. The molecule has 0 unspecified atom stereocenters. The van der Waals surface area contributed by atoms with Crippen molar-refractivity contribution < 1.29 is 9.59 Å². The van der Waals surface area contributed by atoms with E-state index in [1.807, 2.05) is 28.8 Å². The first-order valence-corrected chi connectivity index (χ1v) is 8.20. The summed E-state index contributed by atoms with van der Waals surface area (Å²) in [5.74, 6) is 1.06. The van der Waals surface area contributed by atoms with Crippen LogP contribution in [0.15, 0.2) is 24.4 Å². The second-order valence-electron chi connectivity index (χ2n) is 6.52. The first-order valence-electron chi connectivity index (χ1n) is 8.20. The Morgan fingerprint density at radius 2 is 1.87 bits per heavy atom. The number of carbonyl (C=O) groups is 2. The van der Waals surface area contributed by atoms with E-state index >= 15 is 0 Å². The molecule has 0 radical (unpaired) electrons. The maximum atomic E-state index is 12.9. The van der Waals surface area contributed by atoms with Crippen LogP contribution in [0.4, 0.5) is 0 Å². The fraction of sp³-hybridized carbons (Fsp3) is 0.471. The molecule has 0 aromatic carbocycles. The van der Waals surface area contributed by atoms with Crippen LogP contribution in [-0.4, -0.2) is 39.2 Å². The summed E-state index contributed by atoms with van der Waals surface area (Å²) >= 11 is 0. The summed E-state index contributed by atoms with van der Waals surface area (Å²) in [4.78, 5) is 30.6. The minimum atomic E-state index is -0.263. The number of aromatic nitrogens is 2. The van der Waals surface area contributed by atoms with E-state index in [4.69, 9.17) is 5.73 Å². The highest BCUT2D eigenvalue weighted by atomic mass is 16.2. The third-order valence-corrected chi connectivity index (χ3v) is 4.91. The van der Waals surface area contributed by atoms with Crippen LogP contribution in [0.1, 0.15) is 47.9 Å². The van der Waals surface area contributed by atoms with Crippen molar-refractivity contribution >= 4 is 17.3 Å². The maximum Gasteiger partial charge on any atom is 0.274 e. The van der Waals surface area contributed by atoms with Gasteiger partial charge in [0.25, 0.3) is 5.91 Å². The smallest absolute Gasteiger partial charge is 0.274 e. The van der Waals surface area contributed by atoms with Crippen molar-refractivity contribution in [2.45, 2.75) is 31.6 Å². The number of likely N-dealkylation sites (tertiary alicyclic amines) is 1. The molecule has 0 bridgehead atoms. The van der Waals surface area contributed by atoms with Crippen LogP contribution in [0.3, 0.4) is 0 Å². The highest BCUT2D eigenvalue weighted by Gasteiger charge is 2.33. The molecule has 1 saturated heterocycles. The second-order valence-corrected chi connectivity index (χ2v) is 6.52. The quantitative estimate of drug-likeness (QED) is 0.933. The number of nitrogens with zero attached hydrogens (tertiary/aromatic N) is 3. The number of nitrogens with two attached hydrogens (primary N) is 1. The van der Waals surface area contributed by atoms with Crippen molar-refractivity contribution in [2.75, 3.05) is 13.1 Å². The molecule has 1 saturated carbocycles. The summed E-state index contributed by atoms with van der Waals surface area (Å²) in [6, 6.07) is 5.85. The normalized spacial score (nSPS) is 19.2. The molecule has 3 heterocycles. The monoisotopic (exact) mass is 312 g/mol. The van der Waals surface area contributed by atoms with Gasteiger partial charge in [-0.15, -0.1) is 0 Å². The third-order valence-electron chi connectivity index (χ3n) is 4.91. The Balaban J connectivity index is 1.62. The molecule has 23 heavy (non-hydrogen) atoms. The van der Waals surface area contributed by atoms with Gasteiger partial charge in [-0.3, -0.25) is 9.59 Å². The fourth-order valence-corrected chi connectivity index (χ4v) is 3.37. The molecule has 6 nitrogen and oxygen atoms in total. The third kappa shape index (κ3) is 2.48. The van der Waals surface area contributed by atoms with Gasteiger partial charge >= 0.3 is 0 Å². The molecule has 6 heteroatoms. The molecule has 0 spiro atoms. The Bertz CT molecular complexity index is 770. The topological polar surface area (TPSA) is 80.7 Å². The standard InChI is InChI=1S/C17H20N4O2/c18-15(22)11-6-9-20(10-7-11)17(23)14-13-3-1-2-8-21(13)16(19-14)12-4-5-12/h1-3,8,11-12H,4-7,9-10H2,(H2,18,22). The molecular formula is C17H20N4O2. The van der Waals surface area contributed by atoms with E-state index < -0.39 is 0 Å². The molecular weight excluding hydrogens is 292 g/mol. The predicted molar refractivity (Wildman–Crippen MR) is 85.0 cm³/mol. The van der Waals surface area contributed by atoms with Crippen molar-refractivity contribution in [1.82, 2.24) is 14.3 Å². The van der Waals surface area contributed by atoms with Crippen molar-refractivity contribution in [1.29, 1.82) is 0 Å². The molecule has 120 valence electrons. The lowest BCUT2D eigenvalue weighted by molar-refractivity contribution is -0.123. The summed E-state index contributed by atoms with van der Waals surface area (Å²) in [5.41, 5.74) is 6.76. The highest BCUT2D eigenvalue weighted by molar-refractivity contribution is 5.99. The summed E-state index contributed by atoms with van der Waals surface area (Å²) < 4.78 is 2.04. The van der Waals surface area contributed by atoms with Gasteiger partial charge in [-0.05, 0) is 37.8 Å². The number of piperidine rings is 1. The van der Waals surface area contributed by atoms with Gasteiger partial charge in [-0.25, -0.2) is 4.98 Å². The van der Waals surface area contributed by atoms with Gasteiger partial charge in [0, 0.05) is 31.1 Å². The SMILES string of the molecule is NC(=O)C1CCN(C(=O)c2nc(C3CC3)n3ccccc23)CC1. The van der Waals surface area contributed by atoms with Crippen molar-refractivity contribution in [3.05, 3.63) is 35.9 Å². The molecule has 2 aliphatic rings.